The molecular weight excluding hydrogens is 658 g/mol. The van der Waals surface area contributed by atoms with Crippen molar-refractivity contribution in [2.24, 2.45) is 11.8 Å². The van der Waals surface area contributed by atoms with Crippen molar-refractivity contribution in [3.8, 4) is 0 Å². The van der Waals surface area contributed by atoms with E-state index in [0.29, 0.717) is 10.0 Å². The van der Waals surface area contributed by atoms with E-state index in [2.05, 4.69) is 0 Å². The molecule has 2 bridgehead atoms. The van der Waals surface area contributed by atoms with Crippen LogP contribution in [0.1, 0.15) is 20.7 Å². The van der Waals surface area contributed by atoms with Gasteiger partial charge in [-0.15, -0.1) is 23.2 Å². The smallest absolute Gasteiger partial charge is 0.282 e. The number of alkyl halides is 4. The van der Waals surface area contributed by atoms with Crippen LogP contribution in [-0.4, -0.2) is 59.1 Å². The van der Waals surface area contributed by atoms with Crippen LogP contribution < -0.4 is 0 Å². The van der Waals surface area contributed by atoms with E-state index in [4.69, 9.17) is 69.6 Å². The summed E-state index contributed by atoms with van der Waals surface area (Å²) in [5, 5.41) is 11.6. The Morgan fingerprint density at radius 3 is 1.93 bits per heavy atom. The van der Waals surface area contributed by atoms with Crippen LogP contribution in [0.5, 0.6) is 0 Å². The summed E-state index contributed by atoms with van der Waals surface area (Å²) in [5.41, 5.74) is -1.29. The molecule has 2 aromatic rings. The molecule has 1 heterocycles. The maximum atomic E-state index is 13.9. The number of rotatable bonds is 6. The maximum Gasteiger partial charge on any atom is 0.282 e. The Bertz CT molecular complexity index is 1520. The molecule has 3 aliphatic rings. The van der Waals surface area contributed by atoms with E-state index in [1.807, 2.05) is 0 Å². The first-order chi connectivity index (χ1) is 18.6. The summed E-state index contributed by atoms with van der Waals surface area (Å²) in [4.78, 5) is 61.1. The highest BCUT2D eigenvalue weighted by Crippen LogP contribution is 2.77. The first-order valence-electron chi connectivity index (χ1n) is 11.2. The average Bonchev–Trinajstić information content (AvgIpc) is 3.30. The van der Waals surface area contributed by atoms with E-state index in [0.717, 1.165) is 36.4 Å². The second-order valence-electron chi connectivity index (χ2n) is 9.14. The number of carbonyl (C=O) groups excluding carboxylic acids is 4. The molecule has 2 aromatic carbocycles. The Morgan fingerprint density at radius 2 is 1.43 bits per heavy atom. The largest absolute Gasteiger partial charge is 0.292 e. The third kappa shape index (κ3) is 3.60. The number of hydrogen-bond acceptors (Lipinski definition) is 6. The zero-order valence-corrected chi connectivity index (χ0v) is 24.0. The number of allylic oxidation sites excluding steroid dienone is 2. The van der Waals surface area contributed by atoms with E-state index in [-0.39, 0.29) is 15.6 Å². The van der Waals surface area contributed by atoms with Gasteiger partial charge in [-0.25, -0.2) is 9.40 Å². The molecule has 0 N–H and O–H groups in total. The van der Waals surface area contributed by atoms with Gasteiger partial charge < -0.3 is 0 Å². The lowest BCUT2D eigenvalue weighted by molar-refractivity contribution is -0.385. The van der Waals surface area contributed by atoms with Crippen molar-refractivity contribution in [3.63, 3.8) is 0 Å². The molecule has 1 saturated heterocycles. The van der Waals surface area contributed by atoms with Crippen LogP contribution >= 0.6 is 69.6 Å². The molecule has 40 heavy (non-hydrogen) atoms. The molecule has 1 aliphatic heterocycles. The molecule has 0 unspecified atom stereocenters. The fourth-order valence-corrected chi connectivity index (χ4v) is 8.20. The van der Waals surface area contributed by atoms with Crippen LogP contribution in [-0.2, 0) is 9.59 Å². The zero-order valence-electron chi connectivity index (χ0n) is 19.4. The molecular formula is C24H12Cl6FN3O6. The normalized spacial score (nSPS) is 28.2. The van der Waals surface area contributed by atoms with Crippen molar-refractivity contribution in [2.45, 2.75) is 14.1 Å². The number of Topliss-reactive ketones (excluding diaryl/α,β-unsaturated/α-hetero) is 1. The lowest BCUT2D eigenvalue weighted by Crippen LogP contribution is -2.56. The van der Waals surface area contributed by atoms with Gasteiger partial charge >= 0.3 is 0 Å². The Hall–Kier alpha value is -2.47. The van der Waals surface area contributed by atoms with Crippen molar-refractivity contribution < 1.29 is 28.5 Å². The van der Waals surface area contributed by atoms with Gasteiger partial charge in [-0.2, -0.15) is 5.01 Å². The number of nitrogens with zero attached hydrogens (tertiary/aromatic N) is 3. The van der Waals surface area contributed by atoms with Gasteiger partial charge in [-0.05, 0) is 30.3 Å². The molecule has 2 fully saturated rings. The number of amides is 3. The monoisotopic (exact) mass is 667 g/mol. The minimum Gasteiger partial charge on any atom is -0.292 e. The highest BCUT2D eigenvalue weighted by atomic mass is 35.5. The number of nitro benzene ring substituents is 1. The van der Waals surface area contributed by atoms with Crippen molar-refractivity contribution >= 4 is 98.8 Å². The van der Waals surface area contributed by atoms with Crippen molar-refractivity contribution in [1.29, 1.82) is 0 Å². The molecule has 9 nitrogen and oxygen atoms in total. The van der Waals surface area contributed by atoms with Crippen LogP contribution in [0.25, 0.3) is 0 Å². The second kappa shape index (κ2) is 9.54. The summed E-state index contributed by atoms with van der Waals surface area (Å²) in [6, 6.07) is 8.92. The highest BCUT2D eigenvalue weighted by molar-refractivity contribution is 6.66. The standard InChI is InChI=1S/C24H12Cl6FN3O6/c25-17-18(26)23(28)16-15(22(17,27)24(23,29)30)20(37)33(21(16)38)32(9-14(35)10-5-7-11(31)8-6-10)19(36)12-3-1-2-4-13(12)34(39)40/h1-8,15-16H,9H2/t15-,16-,22+,23+/m0/s1. The van der Waals surface area contributed by atoms with Crippen molar-refractivity contribution in [1.82, 2.24) is 10.0 Å². The molecule has 208 valence electrons. The molecule has 2 aliphatic carbocycles. The number of imide groups is 1. The van der Waals surface area contributed by atoms with E-state index in [1.165, 1.54) is 12.1 Å². The van der Waals surface area contributed by atoms with E-state index in [1.54, 1.807) is 0 Å². The quantitative estimate of drug-likeness (QED) is 0.133. The summed E-state index contributed by atoms with van der Waals surface area (Å²) in [7, 11) is 0. The van der Waals surface area contributed by atoms with Crippen LogP contribution in [0.3, 0.4) is 0 Å². The van der Waals surface area contributed by atoms with Gasteiger partial charge in [0.05, 0.1) is 26.8 Å². The first kappa shape index (κ1) is 29.0. The van der Waals surface area contributed by atoms with Gasteiger partial charge in [-0.1, -0.05) is 58.5 Å². The fraction of sp³-hybridized carbons (Fsp3) is 0.250. The molecule has 0 aromatic heterocycles. The summed E-state index contributed by atoms with van der Waals surface area (Å²) in [5.74, 6) is -8.32. The van der Waals surface area contributed by atoms with E-state index in [9.17, 15) is 33.7 Å². The Balaban J connectivity index is 1.63. The number of ketones is 1. The van der Waals surface area contributed by atoms with E-state index >= 15 is 0 Å². The number of fused-ring (bicyclic) bond motifs is 5. The summed E-state index contributed by atoms with van der Waals surface area (Å²) < 4.78 is 11.2. The van der Waals surface area contributed by atoms with Crippen molar-refractivity contribution in [3.05, 3.63) is 85.7 Å². The van der Waals surface area contributed by atoms with Crippen molar-refractivity contribution in [2.75, 3.05) is 6.54 Å². The summed E-state index contributed by atoms with van der Waals surface area (Å²) in [6.07, 6.45) is 0. The topological polar surface area (TPSA) is 118 Å². The zero-order chi connectivity index (χ0) is 29.5. The molecule has 0 radical (unpaired) electrons. The molecule has 0 spiro atoms. The SMILES string of the molecule is O=C(CN(C(=O)c1ccccc1[N+](=O)[O-])N1C(=O)[C@@H]2[C@@H](C1=O)[C@@]1(Cl)C(Cl)=C(Cl)[C@@]2(Cl)C1(Cl)Cl)c1ccc(F)cc1. The lowest BCUT2D eigenvalue weighted by Gasteiger charge is -2.36. The van der Waals surface area contributed by atoms with E-state index < -0.39 is 78.0 Å². The van der Waals surface area contributed by atoms with Gasteiger partial charge in [0.2, 0.25) is 0 Å². The Morgan fingerprint density at radius 1 is 0.925 bits per heavy atom. The van der Waals surface area contributed by atoms with Crippen LogP contribution in [0.4, 0.5) is 10.1 Å². The van der Waals surface area contributed by atoms with Gasteiger partial charge in [-0.3, -0.25) is 29.3 Å². The number of hydrogen-bond donors (Lipinski definition) is 0. The first-order valence-corrected chi connectivity index (χ1v) is 13.4. The van der Waals surface area contributed by atoms with Crippen LogP contribution in [0.2, 0.25) is 0 Å². The number of para-hydroxylation sites is 1. The van der Waals surface area contributed by atoms with Crippen LogP contribution in [0, 0.1) is 27.8 Å². The molecule has 4 atom stereocenters. The lowest BCUT2D eigenvalue weighted by atomic mass is 9.84. The Labute approximate surface area is 254 Å². The third-order valence-electron chi connectivity index (χ3n) is 7.15. The third-order valence-corrected chi connectivity index (χ3v) is 11.4. The number of nitro groups is 1. The minimum atomic E-state index is -2.25. The number of carbonyl (C=O) groups is 4. The molecule has 16 heteroatoms. The number of benzene rings is 2. The Kier molecular flexibility index (Phi) is 6.92. The van der Waals surface area contributed by atoms with Gasteiger partial charge in [0.25, 0.3) is 23.4 Å². The molecule has 5 rings (SSSR count). The predicted molar refractivity (Wildman–Crippen MR) is 144 cm³/mol. The average molecular weight is 670 g/mol. The number of halogens is 7. The highest BCUT2D eigenvalue weighted by Gasteiger charge is 2.88. The van der Waals surface area contributed by atoms with Gasteiger partial charge in [0.15, 0.2) is 10.1 Å². The summed E-state index contributed by atoms with van der Waals surface area (Å²) >= 11 is 39.0. The molecule has 1 saturated carbocycles. The summed E-state index contributed by atoms with van der Waals surface area (Å²) in [6.45, 7) is -0.972. The predicted octanol–water partition coefficient (Wildman–Crippen LogP) is 5.42. The minimum absolute atomic E-state index is 0.0861. The van der Waals surface area contributed by atoms with Gasteiger partial charge in [0, 0.05) is 11.6 Å². The fourth-order valence-electron chi connectivity index (χ4n) is 5.27. The number of hydrazine groups is 1. The van der Waals surface area contributed by atoms with Gasteiger partial charge in [0.1, 0.15) is 27.7 Å². The molecule has 3 amide bonds. The maximum absolute atomic E-state index is 13.9. The second-order valence-corrected chi connectivity index (χ2v) is 12.4. The van der Waals surface area contributed by atoms with Crippen LogP contribution in [0.15, 0.2) is 58.6 Å².